The Morgan fingerprint density at radius 3 is 2.93 bits per heavy atom. The van der Waals surface area contributed by atoms with E-state index < -0.39 is 4.92 Å². The Kier molecular flexibility index (Phi) is 2.19. The van der Waals surface area contributed by atoms with Crippen LogP contribution in [-0.2, 0) is 0 Å². The molecule has 0 saturated heterocycles. The molecule has 70 valence electrons. The van der Waals surface area contributed by atoms with Crippen LogP contribution in [0.1, 0.15) is 0 Å². The molecule has 2 heterocycles. The Morgan fingerprint density at radius 2 is 2.36 bits per heavy atom. The molecule has 2 aromatic rings. The summed E-state index contributed by atoms with van der Waals surface area (Å²) in [6, 6.07) is 3.22. The van der Waals surface area contributed by atoms with Gasteiger partial charge >= 0.3 is 5.00 Å². The van der Waals surface area contributed by atoms with Crippen LogP contribution in [0, 0.1) is 10.1 Å². The lowest BCUT2D eigenvalue weighted by molar-refractivity contribution is -0.380. The highest BCUT2D eigenvalue weighted by Crippen LogP contribution is 2.28. The van der Waals surface area contributed by atoms with E-state index in [0.717, 1.165) is 16.9 Å². The molecule has 0 amide bonds. The van der Waals surface area contributed by atoms with Crippen molar-refractivity contribution in [2.75, 3.05) is 0 Å². The van der Waals surface area contributed by atoms with Crippen molar-refractivity contribution in [3.63, 3.8) is 0 Å². The quantitative estimate of drug-likeness (QED) is 0.558. The Bertz CT molecular complexity index is 455. The number of aromatic nitrogens is 2. The number of nitrogens with zero attached hydrogens (tertiary/aromatic N) is 3. The van der Waals surface area contributed by atoms with Crippen molar-refractivity contribution in [3.8, 4) is 11.3 Å². The Hall–Kier alpha value is -1.82. The van der Waals surface area contributed by atoms with Gasteiger partial charge in [0.1, 0.15) is 6.33 Å². The zero-order valence-electron chi connectivity index (χ0n) is 6.95. The minimum Gasteiger partial charge on any atom is -0.258 e. The second kappa shape index (κ2) is 3.51. The van der Waals surface area contributed by atoms with Crippen LogP contribution >= 0.6 is 11.3 Å². The molecule has 2 rings (SSSR count). The molecule has 14 heavy (non-hydrogen) atoms. The smallest absolute Gasteiger partial charge is 0.258 e. The molecule has 0 spiro atoms. The maximum absolute atomic E-state index is 10.4. The van der Waals surface area contributed by atoms with E-state index in [1.165, 1.54) is 12.4 Å². The van der Waals surface area contributed by atoms with Gasteiger partial charge < -0.3 is 0 Å². The van der Waals surface area contributed by atoms with Gasteiger partial charge in [-0.1, -0.05) is 11.3 Å². The van der Waals surface area contributed by atoms with Crippen molar-refractivity contribution in [2.24, 2.45) is 0 Å². The second-order valence-corrected chi connectivity index (χ2v) is 3.42. The average molecular weight is 207 g/mol. The largest absolute Gasteiger partial charge is 0.324 e. The fraction of sp³-hybridized carbons (Fsp3) is 0. The van der Waals surface area contributed by atoms with Gasteiger partial charge in [-0.05, 0) is 6.07 Å². The number of thiophene rings is 1. The lowest BCUT2D eigenvalue weighted by Crippen LogP contribution is -1.83. The molecule has 0 aliphatic heterocycles. The van der Waals surface area contributed by atoms with Gasteiger partial charge in [0.25, 0.3) is 0 Å². The topological polar surface area (TPSA) is 68.9 Å². The first-order valence-electron chi connectivity index (χ1n) is 3.76. The van der Waals surface area contributed by atoms with E-state index in [2.05, 4.69) is 9.97 Å². The van der Waals surface area contributed by atoms with Gasteiger partial charge in [0, 0.05) is 23.2 Å². The van der Waals surface area contributed by atoms with Crippen LogP contribution < -0.4 is 0 Å². The summed E-state index contributed by atoms with van der Waals surface area (Å²) in [5, 5.41) is 12.3. The first-order valence-corrected chi connectivity index (χ1v) is 4.64. The predicted octanol–water partition coefficient (Wildman–Crippen LogP) is 2.11. The molecule has 0 N–H and O–H groups in total. The van der Waals surface area contributed by atoms with Gasteiger partial charge in [0.15, 0.2) is 0 Å². The van der Waals surface area contributed by atoms with Crippen LogP contribution in [0.2, 0.25) is 0 Å². The first kappa shape index (κ1) is 8.76. The molecule has 0 unspecified atom stereocenters. The molecule has 0 bridgehead atoms. The molecule has 5 nitrogen and oxygen atoms in total. The normalized spacial score (nSPS) is 10.0. The van der Waals surface area contributed by atoms with E-state index in [-0.39, 0.29) is 5.00 Å². The SMILES string of the molecule is O=[N+]([O-])c1cc(-c2ccncn2)cs1. The molecule has 6 heteroatoms. The van der Waals surface area contributed by atoms with Crippen LogP contribution in [0.15, 0.2) is 30.0 Å². The van der Waals surface area contributed by atoms with E-state index in [1.54, 1.807) is 17.6 Å². The monoisotopic (exact) mass is 207 g/mol. The third-order valence-corrected chi connectivity index (χ3v) is 2.52. The minimum absolute atomic E-state index is 0.124. The predicted molar refractivity (Wildman–Crippen MR) is 52.0 cm³/mol. The summed E-state index contributed by atoms with van der Waals surface area (Å²) < 4.78 is 0. The van der Waals surface area contributed by atoms with Crippen LogP contribution in [0.3, 0.4) is 0 Å². The fourth-order valence-corrected chi connectivity index (χ4v) is 1.73. The van der Waals surface area contributed by atoms with Crippen molar-refractivity contribution in [1.82, 2.24) is 9.97 Å². The van der Waals surface area contributed by atoms with Crippen molar-refractivity contribution in [2.45, 2.75) is 0 Å². The lowest BCUT2D eigenvalue weighted by Gasteiger charge is -1.91. The molecule has 0 fully saturated rings. The standard InChI is InChI=1S/C8H5N3O2S/c12-11(13)8-3-6(4-14-8)7-1-2-9-5-10-7/h1-5H. The van der Waals surface area contributed by atoms with Crippen molar-refractivity contribution >= 4 is 16.3 Å². The molecule has 0 saturated carbocycles. The van der Waals surface area contributed by atoms with E-state index in [9.17, 15) is 10.1 Å². The molecule has 0 atom stereocenters. The summed E-state index contributed by atoms with van der Waals surface area (Å²) in [5.74, 6) is 0. The summed E-state index contributed by atoms with van der Waals surface area (Å²) in [4.78, 5) is 17.8. The van der Waals surface area contributed by atoms with Crippen LogP contribution in [-0.4, -0.2) is 14.9 Å². The minimum atomic E-state index is -0.407. The van der Waals surface area contributed by atoms with E-state index in [4.69, 9.17) is 0 Å². The summed E-state index contributed by atoms with van der Waals surface area (Å²) >= 11 is 1.09. The highest BCUT2D eigenvalue weighted by molar-refractivity contribution is 7.13. The summed E-state index contributed by atoms with van der Waals surface area (Å²) in [5.41, 5.74) is 1.45. The van der Waals surface area contributed by atoms with Gasteiger partial charge in [-0.25, -0.2) is 9.97 Å². The Morgan fingerprint density at radius 1 is 1.50 bits per heavy atom. The zero-order chi connectivity index (χ0) is 9.97. The number of hydrogen-bond donors (Lipinski definition) is 0. The third kappa shape index (κ3) is 1.60. The molecule has 0 aliphatic carbocycles. The Balaban J connectivity index is 2.39. The Labute approximate surface area is 83.2 Å². The van der Waals surface area contributed by atoms with E-state index >= 15 is 0 Å². The van der Waals surface area contributed by atoms with Gasteiger partial charge in [-0.2, -0.15) is 0 Å². The second-order valence-electron chi connectivity index (χ2n) is 2.53. The van der Waals surface area contributed by atoms with Gasteiger partial charge in [0.2, 0.25) is 0 Å². The summed E-state index contributed by atoms with van der Waals surface area (Å²) in [6.07, 6.45) is 3.02. The van der Waals surface area contributed by atoms with Crippen molar-refractivity contribution < 1.29 is 4.92 Å². The first-order chi connectivity index (χ1) is 6.77. The highest BCUT2D eigenvalue weighted by atomic mass is 32.1. The zero-order valence-corrected chi connectivity index (χ0v) is 7.77. The van der Waals surface area contributed by atoms with E-state index in [0.29, 0.717) is 5.69 Å². The lowest BCUT2D eigenvalue weighted by atomic mass is 10.2. The van der Waals surface area contributed by atoms with Crippen molar-refractivity contribution in [3.05, 3.63) is 40.2 Å². The molecule has 2 aromatic heterocycles. The van der Waals surface area contributed by atoms with Crippen LogP contribution in [0.4, 0.5) is 5.00 Å². The third-order valence-electron chi connectivity index (χ3n) is 1.64. The number of nitro groups is 1. The number of rotatable bonds is 2. The number of hydrogen-bond acceptors (Lipinski definition) is 5. The van der Waals surface area contributed by atoms with Gasteiger partial charge in [-0.3, -0.25) is 10.1 Å². The molecule has 0 aromatic carbocycles. The highest BCUT2D eigenvalue weighted by Gasteiger charge is 2.10. The molecular weight excluding hydrogens is 202 g/mol. The van der Waals surface area contributed by atoms with Crippen molar-refractivity contribution in [1.29, 1.82) is 0 Å². The fourth-order valence-electron chi connectivity index (χ4n) is 1.02. The van der Waals surface area contributed by atoms with Gasteiger partial charge in [-0.15, -0.1) is 0 Å². The van der Waals surface area contributed by atoms with Gasteiger partial charge in [0.05, 0.1) is 10.6 Å². The summed E-state index contributed by atoms with van der Waals surface area (Å²) in [7, 11) is 0. The summed E-state index contributed by atoms with van der Waals surface area (Å²) in [6.45, 7) is 0. The maximum atomic E-state index is 10.4. The molecule has 0 radical (unpaired) electrons. The van der Waals surface area contributed by atoms with Crippen LogP contribution in [0.5, 0.6) is 0 Å². The molecule has 0 aliphatic rings. The average Bonchev–Trinajstić information content (AvgIpc) is 2.68. The maximum Gasteiger partial charge on any atom is 0.324 e. The van der Waals surface area contributed by atoms with E-state index in [1.807, 2.05) is 0 Å². The molecular formula is C8H5N3O2S. The van der Waals surface area contributed by atoms with Crippen LogP contribution in [0.25, 0.3) is 11.3 Å².